The van der Waals surface area contributed by atoms with Crippen LogP contribution in [0.5, 0.6) is 0 Å². The van der Waals surface area contributed by atoms with Gasteiger partial charge in [-0.1, -0.05) is 23.5 Å². The van der Waals surface area contributed by atoms with Gasteiger partial charge in [-0.25, -0.2) is 4.98 Å². The number of nitrogens with one attached hydrogen (secondary N) is 2. The monoisotopic (exact) mass is 495 g/mol. The van der Waals surface area contributed by atoms with Gasteiger partial charge in [-0.3, -0.25) is 0 Å². The number of hydrogen-bond donors (Lipinski definition) is 2. The molecule has 1 aliphatic carbocycles. The third-order valence-electron chi connectivity index (χ3n) is 5.96. The number of nitrogens with zero attached hydrogens (tertiary/aromatic N) is 5. The lowest BCUT2D eigenvalue weighted by Crippen LogP contribution is -2.36. The van der Waals surface area contributed by atoms with Crippen molar-refractivity contribution in [3.8, 4) is 0 Å². The first-order valence-corrected chi connectivity index (χ1v) is 13.2. The quantitative estimate of drug-likeness (QED) is 0.346. The van der Waals surface area contributed by atoms with Crippen LogP contribution in [0, 0.1) is 6.92 Å². The topological polar surface area (TPSA) is 92.0 Å². The fourth-order valence-electron chi connectivity index (χ4n) is 4.25. The first-order valence-electron chi connectivity index (χ1n) is 11.5. The maximum atomic E-state index is 5.96. The number of benzene rings is 1. The summed E-state index contributed by atoms with van der Waals surface area (Å²) in [6, 6.07) is 13.1. The Morgan fingerprint density at radius 2 is 1.82 bits per heavy atom. The number of hydrogen-bond acceptors (Lipinski definition) is 10. The molecule has 0 bridgehead atoms. The summed E-state index contributed by atoms with van der Waals surface area (Å²) in [5, 5.41) is 18.3. The molecule has 34 heavy (non-hydrogen) atoms. The summed E-state index contributed by atoms with van der Waals surface area (Å²) in [6.07, 6.45) is 4.39. The van der Waals surface area contributed by atoms with E-state index in [4.69, 9.17) is 14.4 Å². The molecule has 5 rings (SSSR count). The molecule has 0 aliphatic heterocycles. The van der Waals surface area contributed by atoms with Crippen LogP contribution in [0.25, 0.3) is 10.9 Å². The number of rotatable bonds is 8. The molecule has 0 amide bonds. The Bertz CT molecular complexity index is 1250. The molecule has 1 aliphatic rings. The van der Waals surface area contributed by atoms with E-state index in [1.54, 1.807) is 11.3 Å². The molecule has 2 N–H and O–H groups in total. The maximum Gasteiger partial charge on any atom is 0.225 e. The minimum atomic E-state index is 0.385. The highest BCUT2D eigenvalue weighted by molar-refractivity contribution is 8.00. The van der Waals surface area contributed by atoms with E-state index in [1.807, 2.05) is 56.3 Å². The van der Waals surface area contributed by atoms with Gasteiger partial charge in [-0.2, -0.15) is 4.98 Å². The molecule has 8 nitrogen and oxygen atoms in total. The molecule has 10 heteroatoms. The van der Waals surface area contributed by atoms with Crippen LogP contribution in [0.3, 0.4) is 0 Å². The van der Waals surface area contributed by atoms with E-state index >= 15 is 0 Å². The van der Waals surface area contributed by atoms with Gasteiger partial charge in [-0.05, 0) is 68.6 Å². The van der Waals surface area contributed by atoms with E-state index < -0.39 is 0 Å². The Labute approximate surface area is 207 Å². The van der Waals surface area contributed by atoms with Crippen molar-refractivity contribution < 1.29 is 4.42 Å². The van der Waals surface area contributed by atoms with Gasteiger partial charge in [-0.15, -0.1) is 10.2 Å². The third kappa shape index (κ3) is 5.51. The van der Waals surface area contributed by atoms with E-state index in [9.17, 15) is 0 Å². The zero-order valence-corrected chi connectivity index (χ0v) is 21.2. The van der Waals surface area contributed by atoms with Crippen LogP contribution in [0.4, 0.5) is 11.8 Å². The molecule has 3 heterocycles. The highest BCUT2D eigenvalue weighted by Gasteiger charge is 2.22. The van der Waals surface area contributed by atoms with E-state index in [0.717, 1.165) is 69.1 Å². The van der Waals surface area contributed by atoms with E-state index in [2.05, 4.69) is 26.9 Å². The van der Waals surface area contributed by atoms with Crippen molar-refractivity contribution in [3.05, 3.63) is 47.2 Å². The molecule has 4 aromatic rings. The van der Waals surface area contributed by atoms with Crippen molar-refractivity contribution >= 4 is 45.8 Å². The van der Waals surface area contributed by atoms with Crippen molar-refractivity contribution in [1.82, 2.24) is 25.5 Å². The standard InChI is InChI=1S/C24H29N7OS2/c1-15-29-30-24(33-15)34-21-13-12-18(32-21)14-25-16-8-10-17(11-9-16)26-23-27-20-7-5-4-6-19(20)22(28-23)31(2)3/h4-7,12-13,16-17,25H,8-11,14H2,1-3H3,(H,26,27,28). The molecule has 0 radical (unpaired) electrons. The van der Waals surface area contributed by atoms with Crippen LogP contribution in [0.2, 0.25) is 0 Å². The molecule has 1 saturated carbocycles. The predicted octanol–water partition coefficient (Wildman–Crippen LogP) is 5.11. The SMILES string of the molecule is Cc1nnc(Sc2ccc(CNC3CCC(Nc4nc(N(C)C)c5ccccc5n4)CC3)o2)s1. The van der Waals surface area contributed by atoms with E-state index in [-0.39, 0.29) is 0 Å². The average molecular weight is 496 g/mol. The summed E-state index contributed by atoms with van der Waals surface area (Å²) >= 11 is 3.10. The summed E-state index contributed by atoms with van der Waals surface area (Å²) < 4.78 is 6.87. The van der Waals surface area contributed by atoms with Crippen molar-refractivity contribution in [2.45, 2.75) is 60.7 Å². The summed E-state index contributed by atoms with van der Waals surface area (Å²) in [4.78, 5) is 11.6. The van der Waals surface area contributed by atoms with Crippen molar-refractivity contribution in [2.75, 3.05) is 24.3 Å². The normalized spacial score (nSPS) is 18.3. The molecule has 0 spiro atoms. The highest BCUT2D eigenvalue weighted by Crippen LogP contribution is 2.31. The van der Waals surface area contributed by atoms with Crippen molar-refractivity contribution in [3.63, 3.8) is 0 Å². The minimum absolute atomic E-state index is 0.385. The smallest absolute Gasteiger partial charge is 0.225 e. The number of anilines is 2. The fourth-order valence-corrected chi connectivity index (χ4v) is 5.98. The second kappa shape index (κ2) is 10.3. The highest BCUT2D eigenvalue weighted by atomic mass is 32.2. The van der Waals surface area contributed by atoms with Gasteiger partial charge < -0.3 is 20.0 Å². The predicted molar refractivity (Wildman–Crippen MR) is 138 cm³/mol. The summed E-state index contributed by atoms with van der Waals surface area (Å²) in [6.45, 7) is 2.69. The fraction of sp³-hybridized carbons (Fsp3) is 0.417. The van der Waals surface area contributed by atoms with Crippen molar-refractivity contribution in [2.24, 2.45) is 0 Å². The molecular weight excluding hydrogens is 466 g/mol. The molecule has 1 aromatic carbocycles. The average Bonchev–Trinajstić information content (AvgIpc) is 3.46. The van der Waals surface area contributed by atoms with Gasteiger partial charge in [0.2, 0.25) is 5.95 Å². The Morgan fingerprint density at radius 3 is 2.59 bits per heavy atom. The number of aryl methyl sites for hydroxylation is 1. The van der Waals surface area contributed by atoms with E-state index in [0.29, 0.717) is 18.0 Å². The number of furan rings is 1. The lowest BCUT2D eigenvalue weighted by Gasteiger charge is -2.30. The van der Waals surface area contributed by atoms with Gasteiger partial charge in [0.1, 0.15) is 16.6 Å². The van der Waals surface area contributed by atoms with Crippen LogP contribution < -0.4 is 15.5 Å². The molecule has 1 fully saturated rings. The summed E-state index contributed by atoms with van der Waals surface area (Å²) in [5.41, 5.74) is 0.969. The van der Waals surface area contributed by atoms with Crippen LogP contribution in [0.1, 0.15) is 36.5 Å². The van der Waals surface area contributed by atoms with Gasteiger partial charge in [0, 0.05) is 31.6 Å². The molecule has 3 aromatic heterocycles. The lowest BCUT2D eigenvalue weighted by molar-refractivity contribution is 0.332. The first-order chi connectivity index (χ1) is 16.5. The molecule has 178 valence electrons. The largest absolute Gasteiger partial charge is 0.453 e. The molecule has 0 atom stereocenters. The zero-order valence-electron chi connectivity index (χ0n) is 19.6. The molecule has 0 saturated heterocycles. The van der Waals surface area contributed by atoms with Crippen LogP contribution in [0.15, 0.2) is 50.2 Å². The second-order valence-corrected chi connectivity index (χ2v) is 11.2. The van der Waals surface area contributed by atoms with Gasteiger partial charge in [0.15, 0.2) is 9.43 Å². The Balaban J connectivity index is 1.12. The van der Waals surface area contributed by atoms with Gasteiger partial charge in [0.25, 0.3) is 0 Å². The third-order valence-corrected chi connectivity index (χ3v) is 7.77. The van der Waals surface area contributed by atoms with Crippen molar-refractivity contribution in [1.29, 1.82) is 0 Å². The number of aromatic nitrogens is 4. The molecule has 0 unspecified atom stereocenters. The van der Waals surface area contributed by atoms with Gasteiger partial charge in [0.05, 0.1) is 12.1 Å². The van der Waals surface area contributed by atoms with Crippen LogP contribution in [-0.2, 0) is 6.54 Å². The molecular formula is C24H29N7OS2. The van der Waals surface area contributed by atoms with E-state index in [1.165, 1.54) is 11.8 Å². The Morgan fingerprint density at radius 1 is 1.03 bits per heavy atom. The maximum absolute atomic E-state index is 5.96. The number of para-hydroxylation sites is 1. The second-order valence-electron chi connectivity index (χ2n) is 8.77. The Kier molecular flexibility index (Phi) is 6.98. The first kappa shape index (κ1) is 23.1. The number of fused-ring (bicyclic) bond motifs is 1. The zero-order chi connectivity index (χ0) is 23.5. The van der Waals surface area contributed by atoms with Crippen LogP contribution in [-0.4, -0.2) is 46.3 Å². The minimum Gasteiger partial charge on any atom is -0.453 e. The van der Waals surface area contributed by atoms with Crippen LogP contribution >= 0.6 is 23.1 Å². The lowest BCUT2D eigenvalue weighted by atomic mass is 9.91. The summed E-state index contributed by atoms with van der Waals surface area (Å²) in [5.74, 6) is 2.61. The Hall–Kier alpha value is -2.69. The summed E-state index contributed by atoms with van der Waals surface area (Å²) in [7, 11) is 4.04. The van der Waals surface area contributed by atoms with Gasteiger partial charge >= 0.3 is 0 Å².